The van der Waals surface area contributed by atoms with Gasteiger partial charge in [0.2, 0.25) is 0 Å². The lowest BCUT2D eigenvalue weighted by atomic mass is 9.96. The fourth-order valence-corrected chi connectivity index (χ4v) is 2.91. The van der Waals surface area contributed by atoms with E-state index in [9.17, 15) is 9.90 Å². The number of aromatic amines is 1. The summed E-state index contributed by atoms with van der Waals surface area (Å²) in [5.74, 6) is 0.200. The van der Waals surface area contributed by atoms with Crippen LogP contribution in [0.1, 0.15) is 46.6 Å². The van der Waals surface area contributed by atoms with Crippen LogP contribution in [0.3, 0.4) is 0 Å². The number of fused-ring (bicyclic) bond motifs is 1. The van der Waals surface area contributed by atoms with Gasteiger partial charge in [0.05, 0.1) is 0 Å². The van der Waals surface area contributed by atoms with Gasteiger partial charge < -0.3 is 10.4 Å². The quantitative estimate of drug-likeness (QED) is 0.742. The van der Waals surface area contributed by atoms with Crippen molar-refractivity contribution >= 4 is 5.91 Å². The van der Waals surface area contributed by atoms with Gasteiger partial charge >= 0.3 is 0 Å². The first-order valence-electron chi connectivity index (χ1n) is 7.86. The highest BCUT2D eigenvalue weighted by molar-refractivity contribution is 5.94. The van der Waals surface area contributed by atoms with Crippen LogP contribution in [-0.4, -0.2) is 27.8 Å². The largest absolute Gasteiger partial charge is 0.508 e. The summed E-state index contributed by atoms with van der Waals surface area (Å²) in [7, 11) is 0. The molecule has 116 valence electrons. The van der Waals surface area contributed by atoms with Gasteiger partial charge in [-0.2, -0.15) is 5.10 Å². The summed E-state index contributed by atoms with van der Waals surface area (Å²) >= 11 is 0. The number of rotatable bonds is 5. The van der Waals surface area contributed by atoms with E-state index in [1.165, 1.54) is 6.42 Å². The van der Waals surface area contributed by atoms with Crippen LogP contribution >= 0.6 is 0 Å². The zero-order chi connectivity index (χ0) is 15.4. The highest BCUT2D eigenvalue weighted by Gasteiger charge is 2.21. The monoisotopic (exact) mass is 299 g/mol. The predicted molar refractivity (Wildman–Crippen MR) is 84.0 cm³/mol. The van der Waals surface area contributed by atoms with Crippen molar-refractivity contribution in [3.8, 4) is 5.75 Å². The molecule has 5 nitrogen and oxygen atoms in total. The normalized spacial score (nSPS) is 13.6. The van der Waals surface area contributed by atoms with Crippen molar-refractivity contribution in [3.63, 3.8) is 0 Å². The van der Waals surface area contributed by atoms with Crippen molar-refractivity contribution in [3.05, 3.63) is 46.8 Å². The number of phenolic OH excluding ortho intramolecular Hbond substituents is 1. The molecule has 1 aromatic heterocycles. The SMILES string of the molecule is O=C(NCCCc1ccc(O)cc1)c1n[nH]c2c1CCCC2. The molecule has 0 unspecified atom stereocenters. The van der Waals surface area contributed by atoms with Crippen molar-refractivity contribution in [1.29, 1.82) is 0 Å². The topological polar surface area (TPSA) is 78.0 Å². The Balaban J connectivity index is 1.48. The average molecular weight is 299 g/mol. The molecule has 0 saturated heterocycles. The fourth-order valence-electron chi connectivity index (χ4n) is 2.91. The van der Waals surface area contributed by atoms with Gasteiger partial charge in [-0.15, -0.1) is 0 Å². The number of amides is 1. The first-order valence-corrected chi connectivity index (χ1v) is 7.86. The first kappa shape index (κ1) is 14.6. The second-order valence-corrected chi connectivity index (χ2v) is 5.76. The molecule has 1 amide bonds. The number of carbonyl (C=O) groups excluding carboxylic acids is 1. The van der Waals surface area contributed by atoms with Crippen LogP contribution in [0.25, 0.3) is 0 Å². The molecule has 22 heavy (non-hydrogen) atoms. The second-order valence-electron chi connectivity index (χ2n) is 5.76. The first-order chi connectivity index (χ1) is 10.7. The zero-order valence-electron chi connectivity index (χ0n) is 12.6. The molecular weight excluding hydrogens is 278 g/mol. The van der Waals surface area contributed by atoms with Gasteiger partial charge in [0.25, 0.3) is 5.91 Å². The van der Waals surface area contributed by atoms with E-state index in [0.717, 1.165) is 48.9 Å². The molecule has 0 radical (unpaired) electrons. The van der Waals surface area contributed by atoms with Gasteiger partial charge in [-0.05, 0) is 56.2 Å². The van der Waals surface area contributed by atoms with Crippen LogP contribution in [0, 0.1) is 0 Å². The molecule has 2 aromatic rings. The third kappa shape index (κ3) is 3.30. The molecule has 1 aromatic carbocycles. The Labute approximate surface area is 129 Å². The average Bonchev–Trinajstić information content (AvgIpc) is 2.97. The van der Waals surface area contributed by atoms with Crippen molar-refractivity contribution < 1.29 is 9.90 Å². The maximum atomic E-state index is 12.2. The maximum Gasteiger partial charge on any atom is 0.272 e. The van der Waals surface area contributed by atoms with Gasteiger partial charge in [-0.1, -0.05) is 12.1 Å². The predicted octanol–water partition coefficient (Wildman–Crippen LogP) is 2.36. The molecule has 0 bridgehead atoms. The molecule has 1 heterocycles. The van der Waals surface area contributed by atoms with Crippen molar-refractivity contribution in [1.82, 2.24) is 15.5 Å². The number of nitrogens with zero attached hydrogens (tertiary/aromatic N) is 1. The number of hydrogen-bond acceptors (Lipinski definition) is 3. The van der Waals surface area contributed by atoms with Crippen molar-refractivity contribution in [2.75, 3.05) is 6.54 Å². The van der Waals surface area contributed by atoms with Crippen molar-refractivity contribution in [2.45, 2.75) is 38.5 Å². The summed E-state index contributed by atoms with van der Waals surface area (Å²) in [6.45, 7) is 0.626. The van der Waals surface area contributed by atoms with Gasteiger partial charge in [0, 0.05) is 17.8 Å². The number of phenols is 1. The van der Waals surface area contributed by atoms with E-state index >= 15 is 0 Å². The number of aromatic nitrogens is 2. The van der Waals surface area contributed by atoms with E-state index in [4.69, 9.17) is 0 Å². The number of benzene rings is 1. The third-order valence-corrected chi connectivity index (χ3v) is 4.14. The maximum absolute atomic E-state index is 12.2. The summed E-state index contributed by atoms with van der Waals surface area (Å²) in [6.07, 6.45) is 5.98. The summed E-state index contributed by atoms with van der Waals surface area (Å²) in [5, 5.41) is 19.4. The minimum atomic E-state index is -0.0786. The summed E-state index contributed by atoms with van der Waals surface area (Å²) < 4.78 is 0. The van der Waals surface area contributed by atoms with E-state index in [0.29, 0.717) is 12.2 Å². The Hall–Kier alpha value is -2.30. The zero-order valence-corrected chi connectivity index (χ0v) is 12.6. The number of hydrogen-bond donors (Lipinski definition) is 3. The van der Waals surface area contributed by atoms with E-state index in [2.05, 4.69) is 15.5 Å². The lowest BCUT2D eigenvalue weighted by Crippen LogP contribution is -2.26. The minimum absolute atomic E-state index is 0.0786. The van der Waals surface area contributed by atoms with Crippen LogP contribution in [0.4, 0.5) is 0 Å². The molecule has 0 saturated carbocycles. The van der Waals surface area contributed by atoms with E-state index in [1.807, 2.05) is 12.1 Å². The molecule has 1 aliphatic carbocycles. The number of H-pyrrole nitrogens is 1. The highest BCUT2D eigenvalue weighted by atomic mass is 16.3. The summed E-state index contributed by atoms with van der Waals surface area (Å²) in [6, 6.07) is 7.18. The second kappa shape index (κ2) is 6.64. The molecule has 0 spiro atoms. The Morgan fingerprint density at radius 1 is 1.23 bits per heavy atom. The van der Waals surface area contributed by atoms with E-state index in [1.54, 1.807) is 12.1 Å². The Bertz CT molecular complexity index is 646. The number of aromatic hydroxyl groups is 1. The molecule has 3 N–H and O–H groups in total. The minimum Gasteiger partial charge on any atom is -0.508 e. The smallest absolute Gasteiger partial charge is 0.272 e. The van der Waals surface area contributed by atoms with E-state index in [-0.39, 0.29) is 11.7 Å². The van der Waals surface area contributed by atoms with Gasteiger partial charge in [-0.3, -0.25) is 9.89 Å². The molecule has 0 fully saturated rings. The van der Waals surface area contributed by atoms with Gasteiger partial charge in [-0.25, -0.2) is 0 Å². The molecule has 3 rings (SSSR count). The van der Waals surface area contributed by atoms with E-state index < -0.39 is 0 Å². The Morgan fingerprint density at radius 2 is 2.00 bits per heavy atom. The van der Waals surface area contributed by atoms with Gasteiger partial charge in [0.15, 0.2) is 5.69 Å². The van der Waals surface area contributed by atoms with Crippen LogP contribution in [0.15, 0.2) is 24.3 Å². The lowest BCUT2D eigenvalue weighted by molar-refractivity contribution is 0.0947. The Morgan fingerprint density at radius 3 is 2.82 bits per heavy atom. The summed E-state index contributed by atoms with van der Waals surface area (Å²) in [5.41, 5.74) is 3.95. The van der Waals surface area contributed by atoms with Crippen molar-refractivity contribution in [2.24, 2.45) is 0 Å². The molecule has 5 heteroatoms. The third-order valence-electron chi connectivity index (χ3n) is 4.14. The number of carbonyl (C=O) groups is 1. The van der Waals surface area contributed by atoms with Crippen LogP contribution < -0.4 is 5.32 Å². The van der Waals surface area contributed by atoms with Crippen LogP contribution in [0.2, 0.25) is 0 Å². The van der Waals surface area contributed by atoms with Gasteiger partial charge in [0.1, 0.15) is 5.75 Å². The molecule has 0 atom stereocenters. The molecule has 0 aliphatic heterocycles. The highest BCUT2D eigenvalue weighted by Crippen LogP contribution is 2.21. The molecular formula is C17H21N3O2. The Kier molecular flexibility index (Phi) is 4.42. The number of aryl methyl sites for hydroxylation is 2. The lowest BCUT2D eigenvalue weighted by Gasteiger charge is -2.11. The summed E-state index contributed by atoms with van der Waals surface area (Å²) in [4.78, 5) is 12.2. The molecule has 1 aliphatic rings. The fraction of sp³-hybridized carbons (Fsp3) is 0.412. The number of nitrogens with one attached hydrogen (secondary N) is 2. The van der Waals surface area contributed by atoms with Crippen LogP contribution in [-0.2, 0) is 19.3 Å². The standard InChI is InChI=1S/C17H21N3O2/c21-13-9-7-12(8-10-13)4-3-11-18-17(22)16-14-5-1-2-6-15(14)19-20-16/h7-10,21H,1-6,11H2,(H,18,22)(H,19,20). The van der Waals surface area contributed by atoms with Crippen LogP contribution in [0.5, 0.6) is 5.75 Å².